The first-order valence-corrected chi connectivity index (χ1v) is 10.9. The third-order valence-corrected chi connectivity index (χ3v) is 7.12. The van der Waals surface area contributed by atoms with Gasteiger partial charge in [-0.05, 0) is 47.2 Å². The molecular weight excluding hydrogens is 398 g/mol. The van der Waals surface area contributed by atoms with E-state index in [9.17, 15) is 0 Å². The normalized spacial score (nSPS) is 19.1. The van der Waals surface area contributed by atoms with Gasteiger partial charge in [-0.3, -0.25) is 0 Å². The Morgan fingerprint density at radius 1 is 1.07 bits per heavy atom. The molecule has 5 rings (SSSR count). The predicted molar refractivity (Wildman–Crippen MR) is 108 cm³/mol. The van der Waals surface area contributed by atoms with E-state index in [2.05, 4.69) is 39.2 Å². The molecule has 27 heavy (non-hydrogen) atoms. The molecule has 0 amide bonds. The summed E-state index contributed by atoms with van der Waals surface area (Å²) in [6.07, 6.45) is 1.10. The zero-order valence-corrected chi connectivity index (χ0v) is 16.8. The first kappa shape index (κ1) is 17.1. The summed E-state index contributed by atoms with van der Waals surface area (Å²) >= 11 is 9.65. The summed E-state index contributed by atoms with van der Waals surface area (Å²) in [4.78, 5) is 4.35. The topological polar surface area (TPSA) is 43.4 Å². The molecule has 7 heteroatoms. The lowest BCUT2D eigenvalue weighted by molar-refractivity contribution is -0.942. The zero-order valence-electron chi connectivity index (χ0n) is 14.4. The number of hydrogen-bond acceptors (Lipinski definition) is 5. The number of aromatic nitrogens is 2. The second-order valence-corrected chi connectivity index (χ2v) is 9.01. The van der Waals surface area contributed by atoms with Gasteiger partial charge in [0.15, 0.2) is 6.54 Å². The molecule has 0 saturated carbocycles. The maximum absolute atomic E-state index is 5.97. The van der Waals surface area contributed by atoms with Gasteiger partial charge in [0.25, 0.3) is 5.89 Å². The van der Waals surface area contributed by atoms with Crippen LogP contribution in [0, 0.1) is 0 Å². The maximum atomic E-state index is 5.97. The number of nitrogens with zero attached hydrogens (tertiary/aromatic N) is 2. The van der Waals surface area contributed by atoms with Crippen molar-refractivity contribution in [2.75, 3.05) is 6.54 Å². The minimum Gasteiger partial charge on any atom is -0.415 e. The predicted octanol–water partition coefficient (Wildman–Crippen LogP) is 4.24. The first-order valence-electron chi connectivity index (χ1n) is 8.80. The summed E-state index contributed by atoms with van der Waals surface area (Å²) in [5, 5.41) is 13.6. The van der Waals surface area contributed by atoms with Crippen LogP contribution in [0.2, 0.25) is 5.02 Å². The van der Waals surface area contributed by atoms with Crippen molar-refractivity contribution in [3.8, 4) is 11.5 Å². The summed E-state index contributed by atoms with van der Waals surface area (Å²) in [6.45, 7) is 1.78. The molecule has 4 heterocycles. The number of halogens is 1. The number of quaternary nitrogens is 1. The molecule has 0 saturated heterocycles. The van der Waals surface area contributed by atoms with E-state index >= 15 is 0 Å². The molecule has 4 aromatic rings. The Balaban J connectivity index is 1.42. The van der Waals surface area contributed by atoms with Gasteiger partial charge < -0.3 is 9.32 Å². The van der Waals surface area contributed by atoms with Crippen molar-refractivity contribution in [2.24, 2.45) is 0 Å². The standard InChI is InChI=1S/C20H16ClN3OS2/c21-14-5-3-13(4-6-14)20-23-22-18(25-20)12-24-9-7-16-15(8-11-27-16)19(24)17-2-1-10-26-17/h1-6,8,10-11,19H,7,9,12H2/p+1/t19-/m1/s1. The van der Waals surface area contributed by atoms with Crippen LogP contribution in [0.15, 0.2) is 57.6 Å². The highest BCUT2D eigenvalue weighted by Crippen LogP contribution is 2.32. The molecule has 4 nitrogen and oxygen atoms in total. The van der Waals surface area contributed by atoms with E-state index in [1.165, 1.54) is 20.2 Å². The van der Waals surface area contributed by atoms with Crippen LogP contribution in [-0.4, -0.2) is 16.7 Å². The minimum absolute atomic E-state index is 0.339. The smallest absolute Gasteiger partial charge is 0.271 e. The number of benzene rings is 1. The Labute approximate surface area is 170 Å². The van der Waals surface area contributed by atoms with Crippen molar-refractivity contribution < 1.29 is 9.32 Å². The van der Waals surface area contributed by atoms with Crippen molar-refractivity contribution in [1.82, 2.24) is 10.2 Å². The van der Waals surface area contributed by atoms with Crippen molar-refractivity contribution in [3.05, 3.63) is 79.5 Å². The van der Waals surface area contributed by atoms with Gasteiger partial charge in [0.2, 0.25) is 5.89 Å². The van der Waals surface area contributed by atoms with Crippen LogP contribution in [0.5, 0.6) is 0 Å². The van der Waals surface area contributed by atoms with Crippen molar-refractivity contribution in [3.63, 3.8) is 0 Å². The molecule has 0 radical (unpaired) electrons. The molecule has 0 aliphatic carbocycles. The SMILES string of the molecule is Clc1ccc(-c2nnc(C[NH+]3CCc4sccc4[C@@H]3c3cccs3)o2)cc1. The molecule has 1 N–H and O–H groups in total. The van der Waals surface area contributed by atoms with Gasteiger partial charge in [0, 0.05) is 27.4 Å². The summed E-state index contributed by atoms with van der Waals surface area (Å²) in [5.74, 6) is 1.22. The van der Waals surface area contributed by atoms with E-state index in [4.69, 9.17) is 16.0 Å². The monoisotopic (exact) mass is 414 g/mol. The fourth-order valence-corrected chi connectivity index (χ4v) is 5.63. The second kappa shape index (κ2) is 7.20. The lowest BCUT2D eigenvalue weighted by atomic mass is 9.98. The van der Waals surface area contributed by atoms with Crippen molar-refractivity contribution in [1.29, 1.82) is 0 Å². The number of hydrogen-bond donors (Lipinski definition) is 1. The summed E-state index contributed by atoms with van der Waals surface area (Å²) in [6, 6.07) is 14.4. The Morgan fingerprint density at radius 3 is 2.78 bits per heavy atom. The van der Waals surface area contributed by atoms with E-state index < -0.39 is 0 Å². The number of fused-ring (bicyclic) bond motifs is 1. The van der Waals surface area contributed by atoms with E-state index in [-0.39, 0.29) is 0 Å². The van der Waals surface area contributed by atoms with Crippen LogP contribution in [0.4, 0.5) is 0 Å². The van der Waals surface area contributed by atoms with Crippen LogP contribution in [-0.2, 0) is 13.0 Å². The van der Waals surface area contributed by atoms with Gasteiger partial charge in [0.1, 0.15) is 6.04 Å². The van der Waals surface area contributed by atoms with Gasteiger partial charge in [-0.15, -0.1) is 32.9 Å². The molecule has 0 fully saturated rings. The number of thiophene rings is 2. The highest BCUT2D eigenvalue weighted by atomic mass is 35.5. The van der Waals surface area contributed by atoms with Gasteiger partial charge in [-0.2, -0.15) is 0 Å². The molecule has 1 aliphatic heterocycles. The number of nitrogens with one attached hydrogen (secondary N) is 1. The Bertz CT molecular complexity index is 1040. The maximum Gasteiger partial charge on any atom is 0.271 e. The van der Waals surface area contributed by atoms with Crippen LogP contribution < -0.4 is 4.90 Å². The van der Waals surface area contributed by atoms with E-state index in [0.29, 0.717) is 22.8 Å². The lowest BCUT2D eigenvalue weighted by Crippen LogP contribution is -3.12. The van der Waals surface area contributed by atoms with Crippen molar-refractivity contribution >= 4 is 34.3 Å². The Hall–Kier alpha value is -1.99. The molecule has 1 unspecified atom stereocenters. The lowest BCUT2D eigenvalue weighted by Gasteiger charge is -2.31. The average molecular weight is 415 g/mol. The van der Waals surface area contributed by atoms with Gasteiger partial charge in [-0.25, -0.2) is 0 Å². The van der Waals surface area contributed by atoms with E-state index in [1.807, 2.05) is 46.9 Å². The summed E-state index contributed by atoms with van der Waals surface area (Å²) < 4.78 is 5.97. The highest BCUT2D eigenvalue weighted by molar-refractivity contribution is 7.10. The summed E-state index contributed by atoms with van der Waals surface area (Å²) in [7, 11) is 0. The van der Waals surface area contributed by atoms with Crippen molar-refractivity contribution in [2.45, 2.75) is 19.0 Å². The zero-order chi connectivity index (χ0) is 18.2. The Morgan fingerprint density at radius 2 is 1.96 bits per heavy atom. The van der Waals surface area contributed by atoms with Gasteiger partial charge in [-0.1, -0.05) is 17.7 Å². The Kier molecular flexibility index (Phi) is 4.57. The molecule has 0 spiro atoms. The van der Waals surface area contributed by atoms with Gasteiger partial charge in [0.05, 0.1) is 11.4 Å². The molecule has 1 aromatic carbocycles. The van der Waals surface area contributed by atoms with E-state index in [0.717, 1.165) is 25.1 Å². The number of rotatable bonds is 4. The third-order valence-electron chi connectivity index (χ3n) is 4.94. The molecule has 136 valence electrons. The molecule has 2 atom stereocenters. The third kappa shape index (κ3) is 3.34. The average Bonchev–Trinajstić information content (AvgIpc) is 3.44. The van der Waals surface area contributed by atoms with Gasteiger partial charge >= 0.3 is 0 Å². The first-order chi connectivity index (χ1) is 13.3. The van der Waals surface area contributed by atoms with E-state index in [1.54, 1.807) is 0 Å². The highest BCUT2D eigenvalue weighted by Gasteiger charge is 2.35. The summed E-state index contributed by atoms with van der Waals surface area (Å²) in [5.41, 5.74) is 2.34. The second-order valence-electron chi connectivity index (χ2n) is 6.59. The molecule has 3 aromatic heterocycles. The minimum atomic E-state index is 0.339. The largest absolute Gasteiger partial charge is 0.415 e. The van der Waals surface area contributed by atoms with Crippen LogP contribution >= 0.6 is 34.3 Å². The van der Waals surface area contributed by atoms with Crippen LogP contribution in [0.25, 0.3) is 11.5 Å². The molecule has 1 aliphatic rings. The fraction of sp³-hybridized carbons (Fsp3) is 0.200. The molecular formula is C20H17ClN3OS2+. The van der Waals surface area contributed by atoms with Crippen LogP contribution in [0.1, 0.15) is 27.3 Å². The van der Waals surface area contributed by atoms with Crippen LogP contribution in [0.3, 0.4) is 0 Å². The quantitative estimate of drug-likeness (QED) is 0.543. The fourth-order valence-electron chi connectivity index (χ4n) is 3.68. The molecule has 0 bridgehead atoms.